The molecule has 3 aromatic rings. The molecule has 28 heavy (non-hydrogen) atoms. The van der Waals surface area contributed by atoms with Crippen LogP contribution in [0, 0.1) is 11.6 Å². The second-order valence-electron chi connectivity index (χ2n) is 6.28. The van der Waals surface area contributed by atoms with Gasteiger partial charge < -0.3 is 4.74 Å². The van der Waals surface area contributed by atoms with E-state index in [1.807, 2.05) is 0 Å². The molecular formula is C19H16F2N2O3S2. The molecule has 2 aromatic carbocycles. The van der Waals surface area contributed by atoms with E-state index in [2.05, 4.69) is 4.98 Å². The minimum atomic E-state index is -3.94. The third-order valence-corrected chi connectivity index (χ3v) is 7.51. The molecule has 0 N–H and O–H groups in total. The number of sulfonamides is 1. The Morgan fingerprint density at radius 1 is 1.14 bits per heavy atom. The van der Waals surface area contributed by atoms with Gasteiger partial charge in [-0.2, -0.15) is 4.31 Å². The highest BCUT2D eigenvalue weighted by atomic mass is 32.2. The first-order valence-corrected chi connectivity index (χ1v) is 10.7. The minimum absolute atomic E-state index is 0.0944. The van der Waals surface area contributed by atoms with E-state index in [4.69, 9.17) is 4.74 Å². The molecule has 1 aliphatic heterocycles. The summed E-state index contributed by atoms with van der Waals surface area (Å²) >= 11 is 1.34. The molecule has 0 bridgehead atoms. The van der Waals surface area contributed by atoms with Crippen molar-refractivity contribution in [2.24, 2.45) is 0 Å². The van der Waals surface area contributed by atoms with Gasteiger partial charge >= 0.3 is 0 Å². The number of halogens is 2. The number of fused-ring (bicyclic) bond motifs is 1. The molecule has 0 amide bonds. The van der Waals surface area contributed by atoms with Crippen LogP contribution in [0.1, 0.15) is 10.6 Å². The monoisotopic (exact) mass is 422 g/mol. The third kappa shape index (κ3) is 3.41. The second kappa shape index (κ2) is 7.23. The molecule has 146 valence electrons. The summed E-state index contributed by atoms with van der Waals surface area (Å²) in [4.78, 5) is 5.14. The Morgan fingerprint density at radius 2 is 1.93 bits per heavy atom. The lowest BCUT2D eigenvalue weighted by atomic mass is 10.2. The molecule has 1 aliphatic rings. The zero-order valence-electron chi connectivity index (χ0n) is 14.9. The second-order valence-corrected chi connectivity index (χ2v) is 9.27. The molecule has 4 rings (SSSR count). The topological polar surface area (TPSA) is 59.5 Å². The predicted octanol–water partition coefficient (Wildman–Crippen LogP) is 3.84. The van der Waals surface area contributed by atoms with E-state index >= 15 is 0 Å². The number of hydrogen-bond acceptors (Lipinski definition) is 5. The number of nitrogens with zero attached hydrogens (tertiary/aromatic N) is 2. The third-order valence-electron chi connectivity index (χ3n) is 4.51. The van der Waals surface area contributed by atoms with E-state index in [1.165, 1.54) is 41.0 Å². The van der Waals surface area contributed by atoms with Gasteiger partial charge in [0.2, 0.25) is 10.0 Å². The lowest BCUT2D eigenvalue weighted by Gasteiger charge is -2.26. The van der Waals surface area contributed by atoms with Gasteiger partial charge in [0.1, 0.15) is 27.3 Å². The van der Waals surface area contributed by atoms with E-state index in [-0.39, 0.29) is 29.6 Å². The molecule has 0 atom stereocenters. The number of methoxy groups -OCH3 is 1. The molecule has 0 unspecified atom stereocenters. The number of rotatable bonds is 4. The zero-order chi connectivity index (χ0) is 19.9. The van der Waals surface area contributed by atoms with Crippen LogP contribution in [-0.2, 0) is 23.0 Å². The Bertz CT molecular complexity index is 1150. The largest absolute Gasteiger partial charge is 0.495 e. The molecule has 0 radical (unpaired) electrons. The van der Waals surface area contributed by atoms with Crippen molar-refractivity contribution < 1.29 is 21.9 Å². The highest BCUT2D eigenvalue weighted by Gasteiger charge is 2.32. The number of thiazole rings is 1. The van der Waals surface area contributed by atoms with E-state index in [0.717, 1.165) is 22.7 Å². The zero-order valence-corrected chi connectivity index (χ0v) is 16.5. The first-order valence-electron chi connectivity index (χ1n) is 8.46. The van der Waals surface area contributed by atoms with Gasteiger partial charge in [0.25, 0.3) is 0 Å². The number of benzene rings is 2. The standard InChI is InChI=1S/C19H16F2N2O3S2/c1-26-16-6-5-14(21)10-18(16)28(24,25)23-8-7-15-17(11-23)27-19(22-15)12-3-2-4-13(20)9-12/h2-6,9-10H,7-8,11H2,1H3. The Labute approximate surface area is 165 Å². The highest BCUT2D eigenvalue weighted by molar-refractivity contribution is 7.89. The van der Waals surface area contributed by atoms with Crippen LogP contribution < -0.4 is 4.74 Å². The summed E-state index contributed by atoms with van der Waals surface area (Å²) in [5, 5.41) is 0.645. The molecular weight excluding hydrogens is 406 g/mol. The normalized spacial score (nSPS) is 14.7. The van der Waals surface area contributed by atoms with Crippen LogP contribution in [0.3, 0.4) is 0 Å². The SMILES string of the molecule is COc1ccc(F)cc1S(=O)(=O)N1CCc2nc(-c3cccc(F)c3)sc2C1. The van der Waals surface area contributed by atoms with Crippen molar-refractivity contribution in [2.75, 3.05) is 13.7 Å². The van der Waals surface area contributed by atoms with Gasteiger partial charge in [-0.05, 0) is 30.3 Å². The van der Waals surface area contributed by atoms with Crippen LogP contribution in [0.2, 0.25) is 0 Å². The summed E-state index contributed by atoms with van der Waals surface area (Å²) in [5.41, 5.74) is 1.46. The fourth-order valence-electron chi connectivity index (χ4n) is 3.11. The van der Waals surface area contributed by atoms with Gasteiger partial charge in [0.05, 0.1) is 19.3 Å². The molecule has 0 saturated heterocycles. The first-order chi connectivity index (χ1) is 13.4. The van der Waals surface area contributed by atoms with Gasteiger partial charge in [-0.1, -0.05) is 12.1 Å². The average molecular weight is 422 g/mol. The molecule has 1 aromatic heterocycles. The molecule has 2 heterocycles. The van der Waals surface area contributed by atoms with Crippen molar-refractivity contribution in [3.8, 4) is 16.3 Å². The van der Waals surface area contributed by atoms with E-state index in [9.17, 15) is 17.2 Å². The van der Waals surface area contributed by atoms with Crippen molar-refractivity contribution in [3.63, 3.8) is 0 Å². The number of aromatic nitrogens is 1. The summed E-state index contributed by atoms with van der Waals surface area (Å²) in [5.74, 6) is -0.909. The van der Waals surface area contributed by atoms with E-state index in [1.54, 1.807) is 12.1 Å². The molecule has 0 saturated carbocycles. The molecule has 0 spiro atoms. The van der Waals surface area contributed by atoms with Crippen molar-refractivity contribution in [3.05, 3.63) is 64.7 Å². The van der Waals surface area contributed by atoms with E-state index in [0.29, 0.717) is 17.0 Å². The lowest BCUT2D eigenvalue weighted by Crippen LogP contribution is -2.35. The molecule has 0 fully saturated rings. The van der Waals surface area contributed by atoms with Gasteiger partial charge in [-0.15, -0.1) is 11.3 Å². The predicted molar refractivity (Wildman–Crippen MR) is 102 cm³/mol. The Kier molecular flexibility index (Phi) is 4.90. The maximum Gasteiger partial charge on any atom is 0.247 e. The minimum Gasteiger partial charge on any atom is -0.495 e. The molecule has 0 aliphatic carbocycles. The van der Waals surface area contributed by atoms with Crippen molar-refractivity contribution in [2.45, 2.75) is 17.9 Å². The molecule has 9 heteroatoms. The van der Waals surface area contributed by atoms with Crippen molar-refractivity contribution >= 4 is 21.4 Å². The molecule has 5 nitrogen and oxygen atoms in total. The summed E-state index contributed by atoms with van der Waals surface area (Å²) in [6, 6.07) is 9.55. The van der Waals surface area contributed by atoms with Crippen LogP contribution in [0.15, 0.2) is 47.4 Å². The summed E-state index contributed by atoms with van der Waals surface area (Å²) < 4.78 is 59.7. The van der Waals surface area contributed by atoms with Crippen LogP contribution in [0.5, 0.6) is 5.75 Å². The maximum atomic E-state index is 13.7. The number of ether oxygens (including phenoxy) is 1. The van der Waals surface area contributed by atoms with Gasteiger partial charge in [-0.25, -0.2) is 22.2 Å². The summed E-state index contributed by atoms with van der Waals surface area (Å²) in [7, 11) is -2.60. The van der Waals surface area contributed by atoms with Crippen LogP contribution in [0.4, 0.5) is 8.78 Å². The average Bonchev–Trinajstić information content (AvgIpc) is 3.11. The van der Waals surface area contributed by atoms with Gasteiger partial charge in [0, 0.05) is 23.4 Å². The van der Waals surface area contributed by atoms with Gasteiger partial charge in [0.15, 0.2) is 0 Å². The Hall–Kier alpha value is -2.36. The fourth-order valence-corrected chi connectivity index (χ4v) is 5.89. The Balaban J connectivity index is 1.66. The summed E-state index contributed by atoms with van der Waals surface area (Å²) in [6.07, 6.45) is 0.429. The maximum absolute atomic E-state index is 13.7. The summed E-state index contributed by atoms with van der Waals surface area (Å²) in [6.45, 7) is 0.353. The van der Waals surface area contributed by atoms with Crippen LogP contribution in [-0.4, -0.2) is 31.4 Å². The number of hydrogen-bond donors (Lipinski definition) is 0. The fraction of sp³-hybridized carbons (Fsp3) is 0.211. The van der Waals surface area contributed by atoms with Gasteiger partial charge in [-0.3, -0.25) is 0 Å². The van der Waals surface area contributed by atoms with Crippen molar-refractivity contribution in [1.29, 1.82) is 0 Å². The van der Waals surface area contributed by atoms with Crippen LogP contribution in [0.25, 0.3) is 10.6 Å². The van der Waals surface area contributed by atoms with Crippen LogP contribution >= 0.6 is 11.3 Å². The quantitative estimate of drug-likeness (QED) is 0.641. The lowest BCUT2D eigenvalue weighted by molar-refractivity contribution is 0.377. The Morgan fingerprint density at radius 3 is 2.68 bits per heavy atom. The van der Waals surface area contributed by atoms with Crippen molar-refractivity contribution in [1.82, 2.24) is 9.29 Å². The first kappa shape index (κ1) is 19.0. The van der Waals surface area contributed by atoms with E-state index < -0.39 is 15.8 Å². The highest BCUT2D eigenvalue weighted by Crippen LogP contribution is 2.35. The smallest absolute Gasteiger partial charge is 0.247 e.